The van der Waals surface area contributed by atoms with Crippen LogP contribution in [0.15, 0.2) is 6.08 Å². The molecular weight excluding hydrogens is 299 g/mol. The summed E-state index contributed by atoms with van der Waals surface area (Å²) in [5, 5.41) is 3.59. The Bertz CT molecular complexity index is 528. The first-order valence-corrected chi connectivity index (χ1v) is 8.20. The first-order chi connectivity index (χ1) is 9.52. The molecule has 0 saturated carbocycles. The third-order valence-electron chi connectivity index (χ3n) is 3.02. The van der Waals surface area contributed by atoms with Crippen molar-refractivity contribution in [2.24, 2.45) is 5.92 Å². The van der Waals surface area contributed by atoms with Crippen LogP contribution in [0.2, 0.25) is 0 Å². The highest BCUT2D eigenvalue weighted by Gasteiger charge is 2.28. The van der Waals surface area contributed by atoms with Crippen molar-refractivity contribution >= 4 is 35.1 Å². The van der Waals surface area contributed by atoms with Gasteiger partial charge in [0.25, 0.3) is 0 Å². The van der Waals surface area contributed by atoms with E-state index in [9.17, 15) is 9.18 Å². The third-order valence-corrected chi connectivity index (χ3v) is 4.78. The predicted octanol–water partition coefficient (Wildman–Crippen LogP) is 3.07. The molecule has 4 nitrogen and oxygen atoms in total. The summed E-state index contributed by atoms with van der Waals surface area (Å²) in [5.41, 5.74) is 0.397. The maximum absolute atomic E-state index is 14.0. The fraction of sp³-hybridized carbons (Fsp3) is 0.538. The molecule has 20 heavy (non-hydrogen) atoms. The number of thiazole rings is 1. The molecule has 1 unspecified atom stereocenters. The van der Waals surface area contributed by atoms with Gasteiger partial charge in [0.15, 0.2) is 0 Å². The molecule has 0 saturated heterocycles. The molecule has 110 valence electrons. The van der Waals surface area contributed by atoms with Gasteiger partial charge in [-0.15, -0.1) is 11.3 Å². The highest BCUT2D eigenvalue weighted by Crippen LogP contribution is 2.36. The van der Waals surface area contributed by atoms with Crippen molar-refractivity contribution < 1.29 is 13.7 Å². The average Bonchev–Trinajstić information content (AvgIpc) is 2.83. The topological polar surface area (TPSA) is 62.2 Å². The summed E-state index contributed by atoms with van der Waals surface area (Å²) < 4.78 is 22.6. The normalized spacial score (nSPS) is 17.9. The van der Waals surface area contributed by atoms with Crippen LogP contribution in [0.25, 0.3) is 5.83 Å². The monoisotopic (exact) mass is 316 g/mol. The number of carbonyl (C=O) groups excluding carboxylic acids is 1. The zero-order chi connectivity index (χ0) is 14.7. The van der Waals surface area contributed by atoms with Crippen LogP contribution in [0.5, 0.6) is 0 Å². The summed E-state index contributed by atoms with van der Waals surface area (Å²) in [5.74, 6) is -0.433. The van der Waals surface area contributed by atoms with E-state index < -0.39 is 11.7 Å². The molecule has 0 radical (unpaired) electrons. The van der Waals surface area contributed by atoms with Gasteiger partial charge in [-0.1, -0.05) is 13.8 Å². The van der Waals surface area contributed by atoms with Crippen LogP contribution in [0.3, 0.4) is 0 Å². The largest absolute Gasteiger partial charge is 0.355 e. The number of amides is 1. The molecular formula is C13H17FN2O2S2. The molecule has 0 bridgehead atoms. The first-order valence-electron chi connectivity index (χ1n) is 6.44. The summed E-state index contributed by atoms with van der Waals surface area (Å²) in [6, 6.07) is 0. The number of halogens is 1. The van der Waals surface area contributed by atoms with E-state index in [4.69, 9.17) is 4.55 Å². The Morgan fingerprint density at radius 1 is 1.70 bits per heavy atom. The zero-order valence-electron chi connectivity index (χ0n) is 11.4. The van der Waals surface area contributed by atoms with Gasteiger partial charge in [-0.05, 0) is 24.5 Å². The molecule has 1 atom stereocenters. The Balaban J connectivity index is 2.09. The molecule has 0 fully saturated rings. The van der Waals surface area contributed by atoms with Crippen molar-refractivity contribution in [3.8, 4) is 0 Å². The van der Waals surface area contributed by atoms with Crippen molar-refractivity contribution in [2.45, 2.75) is 26.2 Å². The van der Waals surface area contributed by atoms with Gasteiger partial charge in [0, 0.05) is 23.1 Å². The lowest BCUT2D eigenvalue weighted by atomic mass is 9.96. The van der Waals surface area contributed by atoms with Gasteiger partial charge in [0.2, 0.25) is 5.91 Å². The second kappa shape index (κ2) is 6.69. The smallest absolute Gasteiger partial charge is 0.227 e. The molecule has 0 aliphatic heterocycles. The molecule has 1 aromatic heterocycles. The van der Waals surface area contributed by atoms with Crippen LogP contribution >= 0.6 is 23.4 Å². The molecule has 2 N–H and O–H groups in total. The number of nitrogens with one attached hydrogen (secondary N) is 1. The number of rotatable bonds is 5. The average molecular weight is 316 g/mol. The molecule has 2 rings (SSSR count). The second-order valence-corrected chi connectivity index (χ2v) is 6.71. The zero-order valence-corrected chi connectivity index (χ0v) is 13.0. The van der Waals surface area contributed by atoms with E-state index in [1.807, 2.05) is 13.8 Å². The highest BCUT2D eigenvalue weighted by molar-refractivity contribution is 7.93. The predicted molar refractivity (Wildman–Crippen MR) is 80.6 cm³/mol. The minimum atomic E-state index is -0.494. The van der Waals surface area contributed by atoms with Gasteiger partial charge < -0.3 is 9.87 Å². The van der Waals surface area contributed by atoms with E-state index >= 15 is 0 Å². The van der Waals surface area contributed by atoms with Crippen LogP contribution in [-0.4, -0.2) is 27.7 Å². The van der Waals surface area contributed by atoms with Crippen molar-refractivity contribution in [3.63, 3.8) is 0 Å². The van der Waals surface area contributed by atoms with Crippen molar-refractivity contribution in [3.05, 3.63) is 21.7 Å². The van der Waals surface area contributed by atoms with Crippen LogP contribution in [0.1, 0.15) is 35.3 Å². The Labute approximate surface area is 125 Å². The molecule has 7 heteroatoms. The molecule has 1 amide bonds. The van der Waals surface area contributed by atoms with Gasteiger partial charge >= 0.3 is 0 Å². The van der Waals surface area contributed by atoms with E-state index in [0.717, 1.165) is 9.88 Å². The van der Waals surface area contributed by atoms with Crippen LogP contribution in [0, 0.1) is 5.92 Å². The summed E-state index contributed by atoms with van der Waals surface area (Å²) in [7, 11) is 0. The number of nitrogens with zero attached hydrogens (tertiary/aromatic N) is 1. The lowest BCUT2D eigenvalue weighted by Gasteiger charge is -2.16. The molecule has 1 heterocycles. The number of hydrogen-bond acceptors (Lipinski definition) is 5. The van der Waals surface area contributed by atoms with E-state index in [0.29, 0.717) is 36.5 Å². The standard InChI is InChI=1S/C13H17FN2O2S2/c1-7(2)13-16-11-9(14)5-8(6-10(11)20-13)12(17)15-3-4-19-18/h5,7-8,18H,3-4,6H2,1-2H3,(H,15,17). The van der Waals surface area contributed by atoms with Gasteiger partial charge in [-0.2, -0.15) is 0 Å². The SMILES string of the molecule is CC(C)c1nc2c(s1)CC(C(=O)NCCSO)C=C2F. The quantitative estimate of drug-likeness (QED) is 0.647. The van der Waals surface area contributed by atoms with Gasteiger partial charge in [0.1, 0.15) is 11.5 Å². The summed E-state index contributed by atoms with van der Waals surface area (Å²) in [6.07, 6.45) is 1.83. The van der Waals surface area contributed by atoms with Gasteiger partial charge in [0.05, 0.1) is 10.9 Å². The van der Waals surface area contributed by atoms with Gasteiger partial charge in [-0.25, -0.2) is 9.37 Å². The van der Waals surface area contributed by atoms with Crippen LogP contribution < -0.4 is 5.32 Å². The lowest BCUT2D eigenvalue weighted by molar-refractivity contribution is -0.123. The van der Waals surface area contributed by atoms with E-state index in [1.165, 1.54) is 17.4 Å². The molecule has 1 aliphatic rings. The minimum Gasteiger partial charge on any atom is -0.355 e. The summed E-state index contributed by atoms with van der Waals surface area (Å²) >= 11 is 2.15. The van der Waals surface area contributed by atoms with E-state index in [1.54, 1.807) is 0 Å². The third kappa shape index (κ3) is 3.39. The minimum absolute atomic E-state index is 0.209. The number of carbonyl (C=O) groups is 1. The number of aromatic nitrogens is 1. The lowest BCUT2D eigenvalue weighted by Crippen LogP contribution is -2.33. The summed E-state index contributed by atoms with van der Waals surface area (Å²) in [4.78, 5) is 17.1. The van der Waals surface area contributed by atoms with Crippen LogP contribution in [-0.2, 0) is 11.2 Å². The highest BCUT2D eigenvalue weighted by atomic mass is 32.2. The fourth-order valence-corrected chi connectivity index (χ4v) is 3.30. The summed E-state index contributed by atoms with van der Waals surface area (Å²) in [6.45, 7) is 4.41. The number of hydrogen-bond donors (Lipinski definition) is 2. The Hall–Kier alpha value is -0.920. The van der Waals surface area contributed by atoms with Gasteiger partial charge in [-0.3, -0.25) is 4.79 Å². The molecule has 1 aliphatic carbocycles. The van der Waals surface area contributed by atoms with Crippen molar-refractivity contribution in [1.29, 1.82) is 0 Å². The molecule has 0 aromatic carbocycles. The van der Waals surface area contributed by atoms with Crippen LogP contribution in [0.4, 0.5) is 4.39 Å². The maximum atomic E-state index is 14.0. The molecule has 1 aromatic rings. The Morgan fingerprint density at radius 3 is 3.10 bits per heavy atom. The van der Waals surface area contributed by atoms with E-state index in [2.05, 4.69) is 10.3 Å². The number of fused-ring (bicyclic) bond motifs is 1. The molecule has 0 spiro atoms. The fourth-order valence-electron chi connectivity index (χ4n) is 1.98. The van der Waals surface area contributed by atoms with Crippen molar-refractivity contribution in [1.82, 2.24) is 10.3 Å². The first kappa shape index (κ1) is 15.5. The Morgan fingerprint density at radius 2 is 2.45 bits per heavy atom. The second-order valence-electron chi connectivity index (χ2n) is 4.93. The van der Waals surface area contributed by atoms with Crippen molar-refractivity contribution in [2.75, 3.05) is 12.3 Å². The maximum Gasteiger partial charge on any atom is 0.227 e. The van der Waals surface area contributed by atoms with E-state index in [-0.39, 0.29) is 11.8 Å². The Kier molecular flexibility index (Phi) is 5.17.